The van der Waals surface area contributed by atoms with E-state index >= 15 is 0 Å². The molecule has 10 heteroatoms. The minimum absolute atomic E-state index is 0. The molecule has 3 rings (SSSR count). The molecule has 1 aliphatic heterocycles. The minimum Gasteiger partial charge on any atom is -0.394 e. The molecule has 0 aromatic carbocycles. The predicted octanol–water partition coefficient (Wildman–Crippen LogP) is -1.98. The number of imidazole rings is 1. The Morgan fingerprint density at radius 1 is 1.25 bits per heavy atom. The van der Waals surface area contributed by atoms with Crippen molar-refractivity contribution in [3.05, 3.63) is 12.7 Å². The van der Waals surface area contributed by atoms with Crippen molar-refractivity contribution in [3.8, 4) is 0 Å². The zero-order valence-electron chi connectivity index (χ0n) is 10.1. The van der Waals surface area contributed by atoms with Crippen LogP contribution in [0, 0.1) is 0 Å². The molecule has 2 aromatic heterocycles. The maximum absolute atomic E-state index is 9.95. The number of ether oxygens (including phenoxy) is 1. The summed E-state index contributed by atoms with van der Waals surface area (Å²) in [5.41, 5.74) is 6.44. The van der Waals surface area contributed by atoms with Crippen molar-refractivity contribution in [2.75, 3.05) is 12.3 Å². The van der Waals surface area contributed by atoms with Crippen LogP contribution in [0.1, 0.15) is 6.23 Å². The van der Waals surface area contributed by atoms with Gasteiger partial charge in [0.15, 0.2) is 17.7 Å². The van der Waals surface area contributed by atoms with Crippen molar-refractivity contribution in [1.82, 2.24) is 19.5 Å². The largest absolute Gasteiger partial charge is 0.394 e. The molecule has 0 amide bonds. The van der Waals surface area contributed by atoms with Crippen molar-refractivity contribution in [2.45, 2.75) is 24.5 Å². The van der Waals surface area contributed by atoms with Gasteiger partial charge in [-0.2, -0.15) is 0 Å². The van der Waals surface area contributed by atoms with Gasteiger partial charge >= 0.3 is 0 Å². The van der Waals surface area contributed by atoms with Crippen LogP contribution in [0.4, 0.5) is 5.82 Å². The van der Waals surface area contributed by atoms with Crippen LogP contribution >= 0.6 is 0 Å². The predicted molar refractivity (Wildman–Crippen MR) is 62.7 cm³/mol. The number of fused-ring (bicyclic) bond motifs is 1. The molecule has 1 saturated heterocycles. The quantitative estimate of drug-likeness (QED) is 0.443. The number of aliphatic hydroxyl groups is 3. The maximum Gasteiger partial charge on any atom is 0.167 e. The van der Waals surface area contributed by atoms with Crippen LogP contribution in [0.5, 0.6) is 0 Å². The third-order valence-electron chi connectivity index (χ3n) is 3.18. The second-order valence-electron chi connectivity index (χ2n) is 4.31. The van der Waals surface area contributed by atoms with E-state index in [0.717, 1.165) is 0 Å². The van der Waals surface area contributed by atoms with E-state index in [0.29, 0.717) is 11.2 Å². The number of hydrogen-bond acceptors (Lipinski definition) is 8. The van der Waals surface area contributed by atoms with Gasteiger partial charge in [0.2, 0.25) is 0 Å². The molecule has 0 unspecified atom stereocenters. The molecule has 0 bridgehead atoms. The number of nitrogen functional groups attached to an aromatic ring is 1. The molecule has 1 aliphatic rings. The fraction of sp³-hybridized carbons (Fsp3) is 0.500. The number of anilines is 1. The minimum atomic E-state index is -1.19. The average molecular weight is 375 g/mol. The Hall–Kier alpha value is -1.07. The number of rotatable bonds is 2. The van der Waals surface area contributed by atoms with Gasteiger partial charge in [0, 0.05) is 22.4 Å². The van der Waals surface area contributed by atoms with Crippen molar-refractivity contribution >= 4 is 17.0 Å². The van der Waals surface area contributed by atoms with Crippen LogP contribution in [0.25, 0.3) is 11.2 Å². The summed E-state index contributed by atoms with van der Waals surface area (Å²) in [4.78, 5) is 11.9. The number of aliphatic hydroxyl groups excluding tert-OH is 3. The van der Waals surface area contributed by atoms with E-state index in [1.807, 2.05) is 0 Å². The van der Waals surface area contributed by atoms with Crippen LogP contribution in [0.2, 0.25) is 0 Å². The van der Waals surface area contributed by atoms with Gasteiger partial charge in [-0.25, -0.2) is 15.0 Å². The molecule has 20 heavy (non-hydrogen) atoms. The van der Waals surface area contributed by atoms with Gasteiger partial charge in [0.25, 0.3) is 0 Å². The molecule has 2 aromatic rings. The summed E-state index contributed by atoms with van der Waals surface area (Å²) >= 11 is 0. The van der Waals surface area contributed by atoms with Crippen molar-refractivity contribution in [2.24, 2.45) is 0 Å². The molecule has 0 aliphatic carbocycles. The molecule has 0 saturated carbocycles. The monoisotopic (exact) mass is 374 g/mol. The van der Waals surface area contributed by atoms with Gasteiger partial charge in [-0.05, 0) is 0 Å². The van der Waals surface area contributed by atoms with Gasteiger partial charge in [-0.15, -0.1) is 0 Å². The van der Waals surface area contributed by atoms with Crippen LogP contribution < -0.4 is 5.73 Å². The first kappa shape index (κ1) is 15.3. The zero-order chi connectivity index (χ0) is 13.6. The smallest absolute Gasteiger partial charge is 0.167 e. The Kier molecular flexibility index (Phi) is 4.40. The van der Waals surface area contributed by atoms with Gasteiger partial charge in [0.05, 0.1) is 12.9 Å². The van der Waals surface area contributed by atoms with E-state index in [4.69, 9.17) is 15.6 Å². The molecular weight excluding hydrogens is 362 g/mol. The van der Waals surface area contributed by atoms with Crippen LogP contribution in [0.15, 0.2) is 12.7 Å². The Morgan fingerprint density at radius 3 is 2.65 bits per heavy atom. The average Bonchev–Trinajstić information content (AvgIpc) is 2.94. The fourth-order valence-electron chi connectivity index (χ4n) is 2.17. The van der Waals surface area contributed by atoms with Gasteiger partial charge in [-0.1, -0.05) is 0 Å². The molecule has 5 N–H and O–H groups in total. The van der Waals surface area contributed by atoms with E-state index in [-0.39, 0.29) is 28.2 Å². The maximum atomic E-state index is 9.95. The Morgan fingerprint density at radius 2 is 2.00 bits per heavy atom. The molecule has 3 heterocycles. The normalized spacial score (nSPS) is 29.6. The molecule has 0 spiro atoms. The van der Waals surface area contributed by atoms with Crippen LogP contribution in [-0.2, 0) is 27.1 Å². The fourth-order valence-corrected chi connectivity index (χ4v) is 2.17. The van der Waals surface area contributed by atoms with Crippen LogP contribution in [-0.4, -0.2) is 59.8 Å². The van der Waals surface area contributed by atoms with Crippen molar-refractivity contribution < 1.29 is 42.4 Å². The molecular formula is C10H13AgN5O4. The topological polar surface area (TPSA) is 140 Å². The number of nitrogens with zero attached hydrogens (tertiary/aromatic N) is 4. The molecule has 4 atom stereocenters. The van der Waals surface area contributed by atoms with Crippen LogP contribution in [0.3, 0.4) is 0 Å². The summed E-state index contributed by atoms with van der Waals surface area (Å²) in [5.74, 6) is 0.218. The Labute approximate surface area is 128 Å². The summed E-state index contributed by atoms with van der Waals surface area (Å²) in [7, 11) is 0. The third kappa shape index (κ3) is 2.23. The molecule has 1 fully saturated rings. The third-order valence-corrected chi connectivity index (χ3v) is 3.18. The zero-order valence-corrected chi connectivity index (χ0v) is 11.6. The molecule has 1 radical (unpaired) electrons. The summed E-state index contributed by atoms with van der Waals surface area (Å²) in [6.07, 6.45) is -1.42. The first-order valence-corrected chi connectivity index (χ1v) is 5.69. The molecule has 9 nitrogen and oxygen atoms in total. The van der Waals surface area contributed by atoms with Gasteiger partial charge in [0.1, 0.15) is 30.2 Å². The Bertz CT molecular complexity index is 608. The number of aromatic nitrogens is 4. The van der Waals surface area contributed by atoms with E-state index in [1.165, 1.54) is 17.2 Å². The second kappa shape index (κ2) is 5.74. The number of nitrogens with two attached hydrogens (primary N) is 1. The number of hydrogen-bond donors (Lipinski definition) is 4. The second-order valence-corrected chi connectivity index (χ2v) is 4.31. The van der Waals surface area contributed by atoms with E-state index in [1.54, 1.807) is 0 Å². The van der Waals surface area contributed by atoms with E-state index < -0.39 is 31.1 Å². The van der Waals surface area contributed by atoms with Crippen molar-refractivity contribution in [3.63, 3.8) is 0 Å². The first-order chi connectivity index (χ1) is 9.13. The summed E-state index contributed by atoms with van der Waals surface area (Å²) in [6, 6.07) is 0. The standard InChI is InChI=1S/C10H13N5O4.Ag/c11-8-5-9(13-2-12-8)15(3-14-5)10-7(18)6(17)4(1-16)19-10;/h2-4,6-7,10,16-18H,1H2,(H2,11,12,13);/t4-,6-,7-,10-;/m1./s1. The Balaban J connectivity index is 0.00000147. The summed E-state index contributed by atoms with van der Waals surface area (Å²) in [6.45, 7) is -0.390. The van der Waals surface area contributed by atoms with Gasteiger partial charge in [-0.3, -0.25) is 4.57 Å². The van der Waals surface area contributed by atoms with E-state index in [9.17, 15) is 10.2 Å². The first-order valence-electron chi connectivity index (χ1n) is 5.69. The van der Waals surface area contributed by atoms with Crippen molar-refractivity contribution in [1.29, 1.82) is 0 Å². The summed E-state index contributed by atoms with van der Waals surface area (Å²) < 4.78 is 6.85. The SMILES string of the molecule is Nc1ncnc2c1ncn2[C@@H]1O[C@H](CO)[C@@H](O)[C@H]1O.[Ag]. The van der Waals surface area contributed by atoms with E-state index in [2.05, 4.69) is 15.0 Å². The van der Waals surface area contributed by atoms with Gasteiger partial charge < -0.3 is 25.8 Å². The summed E-state index contributed by atoms with van der Waals surface area (Å²) in [5, 5.41) is 28.7. The molecule has 113 valence electrons.